The molecule has 12 heteroatoms. The number of rotatable bonds is 10. The molecule has 6 N–H and O–H groups in total. The van der Waals surface area contributed by atoms with Crippen molar-refractivity contribution in [1.29, 1.82) is 0 Å². The third-order valence-electron chi connectivity index (χ3n) is 5.66. The van der Waals surface area contributed by atoms with Gasteiger partial charge in [-0.15, -0.1) is 0 Å². The molecule has 2 aromatic rings. The molecule has 0 fully saturated rings. The van der Waals surface area contributed by atoms with Crippen molar-refractivity contribution in [3.05, 3.63) is 38.9 Å². The second-order valence-electron chi connectivity index (χ2n) is 9.99. The number of β-amino-alcohol motifs (C(OH)–C–C–N with tert-alkyl or cyclic N) is 1. The average molecular weight is 518 g/mol. The number of fused-ring (bicyclic) bond motifs is 2. The summed E-state index contributed by atoms with van der Waals surface area (Å²) in [5, 5.41) is 43.1. The third kappa shape index (κ3) is 6.92. The number of carbonyl (C=O) groups excluding carboxylic acids is 1. The Morgan fingerprint density at radius 2 is 1.95 bits per heavy atom. The maximum Gasteiger partial charge on any atom is 0.306 e. The van der Waals surface area contributed by atoms with Crippen LogP contribution >= 0.6 is 0 Å². The van der Waals surface area contributed by atoms with Crippen LogP contribution < -0.4 is 26.6 Å². The fraction of sp³-hybridized carbons (Fsp3) is 0.520. The zero-order valence-electron chi connectivity index (χ0n) is 21.5. The second-order valence-corrected chi connectivity index (χ2v) is 9.99. The lowest BCUT2D eigenvalue weighted by Crippen LogP contribution is -2.48. The van der Waals surface area contributed by atoms with Crippen molar-refractivity contribution >= 4 is 35.4 Å². The van der Waals surface area contributed by atoms with Crippen LogP contribution in [0.2, 0.25) is 0 Å². The topological polar surface area (TPSA) is 181 Å². The van der Waals surface area contributed by atoms with Crippen molar-refractivity contribution in [3.63, 3.8) is 0 Å². The molecule has 0 saturated carbocycles. The van der Waals surface area contributed by atoms with Crippen molar-refractivity contribution in [2.75, 3.05) is 29.9 Å². The number of aliphatic hydroxyl groups is 4. The van der Waals surface area contributed by atoms with Gasteiger partial charge in [-0.3, -0.25) is 9.59 Å². The molecule has 37 heavy (non-hydrogen) atoms. The van der Waals surface area contributed by atoms with Gasteiger partial charge in [0.15, 0.2) is 11.2 Å². The fourth-order valence-electron chi connectivity index (χ4n) is 3.89. The van der Waals surface area contributed by atoms with E-state index in [0.29, 0.717) is 24.3 Å². The molecule has 12 nitrogen and oxygen atoms in total. The molecule has 3 atom stereocenters. The molecule has 0 unspecified atom stereocenters. The number of aryl methyl sites for hydroxylation is 1. The van der Waals surface area contributed by atoms with Crippen LogP contribution in [0.25, 0.3) is 6.58 Å². The highest BCUT2D eigenvalue weighted by Crippen LogP contribution is 2.38. The number of nitrogens with one attached hydrogen (secondary N) is 2. The van der Waals surface area contributed by atoms with Crippen LogP contribution in [0.15, 0.2) is 21.9 Å². The number of aliphatic hydroxyl groups excluding tert-OH is 4. The summed E-state index contributed by atoms with van der Waals surface area (Å²) in [6.45, 7) is 10.5. The fourth-order valence-corrected chi connectivity index (χ4v) is 3.89. The molecule has 2 heterocycles. The minimum atomic E-state index is -1.65. The van der Waals surface area contributed by atoms with Gasteiger partial charge in [0.25, 0.3) is 5.56 Å². The number of H-pyrrole nitrogens is 1. The Bertz CT molecular complexity index is 1300. The highest BCUT2D eigenvalue weighted by atomic mass is 16.6. The van der Waals surface area contributed by atoms with Gasteiger partial charge in [0.2, 0.25) is 0 Å². The molecule has 0 aliphatic carbocycles. The summed E-state index contributed by atoms with van der Waals surface area (Å²) in [5.41, 5.74) is 1.53. The largest absolute Gasteiger partial charge is 0.460 e. The average Bonchev–Trinajstić information content (AvgIpc) is 2.80. The van der Waals surface area contributed by atoms with Crippen molar-refractivity contribution in [2.45, 2.75) is 64.4 Å². The Labute approximate surface area is 214 Å². The smallest absolute Gasteiger partial charge is 0.306 e. The van der Waals surface area contributed by atoms with E-state index in [0.717, 1.165) is 11.3 Å². The van der Waals surface area contributed by atoms with Gasteiger partial charge in [-0.25, -0.2) is 9.98 Å². The zero-order valence-corrected chi connectivity index (χ0v) is 21.5. The van der Waals surface area contributed by atoms with Gasteiger partial charge < -0.3 is 40.4 Å². The standard InChI is InChI=1S/C25H35N5O7/c1-13-9-16-17(10-15(13)26-8-6-7-20(34)37-25(3,4)5)30(11-18(32)22(35)19(33)12-31)23-21(29-16)24(36)28-14(2)27-23/h9-10,18-19,22,26,31-33,35H,2,6-8,11-12H2,1,3-5H3,(H,28,36)/t18-,19+,22-/m0/s1. The van der Waals surface area contributed by atoms with Crippen LogP contribution in [0.5, 0.6) is 0 Å². The van der Waals surface area contributed by atoms with Gasteiger partial charge in [-0.2, -0.15) is 0 Å². The Kier molecular flexibility index (Phi) is 8.69. The van der Waals surface area contributed by atoms with E-state index in [1.54, 1.807) is 12.1 Å². The lowest BCUT2D eigenvalue weighted by Gasteiger charge is -2.32. The molecule has 0 spiro atoms. The van der Waals surface area contributed by atoms with E-state index < -0.39 is 36.1 Å². The third-order valence-corrected chi connectivity index (χ3v) is 5.66. The molecule has 0 amide bonds. The maximum atomic E-state index is 12.6. The molecule has 0 radical (unpaired) electrons. The molecule has 0 saturated heterocycles. The first-order chi connectivity index (χ1) is 17.3. The molecule has 0 bridgehead atoms. The van der Waals surface area contributed by atoms with Crippen molar-refractivity contribution in [1.82, 2.24) is 9.97 Å². The summed E-state index contributed by atoms with van der Waals surface area (Å²) in [6.07, 6.45) is -3.91. The monoisotopic (exact) mass is 517 g/mol. The predicted molar refractivity (Wildman–Crippen MR) is 138 cm³/mol. The number of hydrogen-bond donors (Lipinski definition) is 6. The Morgan fingerprint density at radius 1 is 1.24 bits per heavy atom. The molecule has 1 aliphatic rings. The molecule has 1 aromatic carbocycles. The van der Waals surface area contributed by atoms with E-state index in [1.165, 1.54) is 4.90 Å². The number of aromatic amines is 1. The van der Waals surface area contributed by atoms with Gasteiger partial charge in [0.05, 0.1) is 24.5 Å². The van der Waals surface area contributed by atoms with Gasteiger partial charge in [0, 0.05) is 18.7 Å². The summed E-state index contributed by atoms with van der Waals surface area (Å²) >= 11 is 0. The Balaban J connectivity index is 1.90. The second kappa shape index (κ2) is 11.4. The number of esters is 1. The first-order valence-electron chi connectivity index (χ1n) is 12.0. The molecule has 3 rings (SSSR count). The minimum Gasteiger partial charge on any atom is -0.460 e. The van der Waals surface area contributed by atoms with Crippen LogP contribution in [0, 0.1) is 6.92 Å². The van der Waals surface area contributed by atoms with E-state index in [4.69, 9.17) is 9.84 Å². The number of nitrogens with zero attached hydrogens (tertiary/aromatic N) is 3. The number of anilines is 3. The quantitative estimate of drug-likeness (QED) is 0.178. The molecule has 202 valence electrons. The van der Waals surface area contributed by atoms with Crippen LogP contribution in [-0.4, -0.2) is 80.0 Å². The molecule has 1 aromatic heterocycles. The summed E-state index contributed by atoms with van der Waals surface area (Å²) in [5.74, 6) is -0.151. The lowest BCUT2D eigenvalue weighted by molar-refractivity contribution is -0.154. The highest BCUT2D eigenvalue weighted by Gasteiger charge is 2.31. The van der Waals surface area contributed by atoms with Crippen molar-refractivity contribution in [2.24, 2.45) is 4.99 Å². The maximum absolute atomic E-state index is 12.6. The van der Waals surface area contributed by atoms with Crippen LogP contribution in [0.3, 0.4) is 0 Å². The molecule has 1 aliphatic heterocycles. The SMILES string of the molecule is C=c1nc2c(c(=O)[nH]1)=Nc1cc(C)c(NCCCC(=O)OC(C)(C)C)cc1N2C[C@H](O)[C@H](O)[C@H](O)CO. The van der Waals surface area contributed by atoms with E-state index in [2.05, 4.69) is 26.9 Å². The van der Waals surface area contributed by atoms with Gasteiger partial charge >= 0.3 is 5.97 Å². The van der Waals surface area contributed by atoms with E-state index in [-0.39, 0.29) is 35.6 Å². The number of aromatic nitrogens is 2. The van der Waals surface area contributed by atoms with Gasteiger partial charge in [0.1, 0.15) is 29.4 Å². The van der Waals surface area contributed by atoms with Crippen LogP contribution in [0.4, 0.5) is 22.9 Å². The summed E-state index contributed by atoms with van der Waals surface area (Å²) in [6, 6.07) is 3.54. The number of ether oxygens (including phenoxy) is 1. The Morgan fingerprint density at radius 3 is 2.59 bits per heavy atom. The molecular formula is C25H35N5O7. The normalized spacial score (nSPS) is 15.2. The van der Waals surface area contributed by atoms with Gasteiger partial charge in [-0.05, 0) is 51.8 Å². The van der Waals surface area contributed by atoms with Crippen molar-refractivity contribution in [3.8, 4) is 0 Å². The summed E-state index contributed by atoms with van der Waals surface area (Å²) < 4.78 is 5.33. The van der Waals surface area contributed by atoms with Gasteiger partial charge in [-0.1, -0.05) is 6.58 Å². The summed E-state index contributed by atoms with van der Waals surface area (Å²) in [4.78, 5) is 37.4. The van der Waals surface area contributed by atoms with E-state index in [1.807, 2.05) is 27.7 Å². The highest BCUT2D eigenvalue weighted by molar-refractivity contribution is 5.80. The first kappa shape index (κ1) is 28.3. The van der Waals surface area contributed by atoms with Crippen molar-refractivity contribution < 1.29 is 30.0 Å². The predicted octanol–water partition coefficient (Wildman–Crippen LogP) is -0.500. The Hall–Kier alpha value is -3.32. The molecular weight excluding hydrogens is 482 g/mol. The number of benzene rings is 1. The zero-order chi connectivity index (χ0) is 27.5. The lowest BCUT2D eigenvalue weighted by atomic mass is 10.1. The van der Waals surface area contributed by atoms with E-state index in [9.17, 15) is 24.9 Å². The summed E-state index contributed by atoms with van der Waals surface area (Å²) in [7, 11) is 0. The van der Waals surface area contributed by atoms with Crippen LogP contribution in [0.1, 0.15) is 39.2 Å². The number of hydrogen-bond acceptors (Lipinski definition) is 11. The first-order valence-corrected chi connectivity index (χ1v) is 12.0. The van der Waals surface area contributed by atoms with E-state index >= 15 is 0 Å². The minimum absolute atomic E-state index is 0.0155. The number of carbonyl (C=O) groups is 1. The van der Waals surface area contributed by atoms with Crippen LogP contribution in [-0.2, 0) is 9.53 Å².